The average molecular weight is 588 g/mol. The molecule has 15 heteroatoms. The number of benzene rings is 1. The minimum absolute atomic E-state index is 0.195. The second-order valence-electron chi connectivity index (χ2n) is 9.35. The van der Waals surface area contributed by atoms with E-state index in [1.54, 1.807) is 30.3 Å². The van der Waals surface area contributed by atoms with Crippen molar-refractivity contribution >= 4 is 52.7 Å². The lowest BCUT2D eigenvalue weighted by Gasteiger charge is -2.31. The van der Waals surface area contributed by atoms with Crippen molar-refractivity contribution in [2.24, 2.45) is 0 Å². The van der Waals surface area contributed by atoms with Crippen LogP contribution in [-0.4, -0.2) is 111 Å². The monoisotopic (exact) mass is 587 g/mol. The lowest BCUT2D eigenvalue weighted by molar-refractivity contribution is -0.143. The molecule has 2 aliphatic rings. The van der Waals surface area contributed by atoms with E-state index in [0.717, 1.165) is 4.90 Å². The Kier molecular flexibility index (Phi) is 10.5. The zero-order valence-corrected chi connectivity index (χ0v) is 22.4. The van der Waals surface area contributed by atoms with E-state index in [1.165, 1.54) is 6.92 Å². The Hall–Kier alpha value is -2.97. The fourth-order valence-corrected chi connectivity index (χ4v) is 5.04. The normalized spacial score (nSPS) is 32.0. The number of carbonyl (C=O) groups excluding carboxylic acids is 5. The number of halogens is 2. The van der Waals surface area contributed by atoms with Crippen molar-refractivity contribution in [1.29, 1.82) is 0 Å². The lowest BCUT2D eigenvalue weighted by atomic mass is 10.0. The predicted octanol–water partition coefficient (Wildman–Crippen LogP) is -2.51. The van der Waals surface area contributed by atoms with Gasteiger partial charge < -0.3 is 41.5 Å². The molecule has 0 bridgehead atoms. The number of nitrogens with zero attached hydrogens (tertiary/aromatic N) is 1. The third-order valence-corrected chi connectivity index (χ3v) is 7.59. The van der Waals surface area contributed by atoms with Gasteiger partial charge in [0.25, 0.3) is 0 Å². The van der Waals surface area contributed by atoms with Crippen LogP contribution in [0.15, 0.2) is 30.3 Å². The van der Waals surface area contributed by atoms with Crippen LogP contribution in [0, 0.1) is 0 Å². The molecule has 2 fully saturated rings. The number of hydrogen-bond donors (Lipinski definition) is 7. The van der Waals surface area contributed by atoms with Crippen molar-refractivity contribution in [3.05, 3.63) is 35.9 Å². The third-order valence-electron chi connectivity index (χ3n) is 6.51. The minimum atomic E-state index is -1.60. The van der Waals surface area contributed by atoms with Crippen molar-refractivity contribution < 1.29 is 39.3 Å². The molecule has 0 spiro atoms. The Morgan fingerprint density at radius 1 is 0.897 bits per heavy atom. The summed E-state index contributed by atoms with van der Waals surface area (Å²) in [7, 11) is 0. The summed E-state index contributed by atoms with van der Waals surface area (Å²) in [5.41, 5.74) is 0.515. The molecule has 1 aromatic carbocycles. The van der Waals surface area contributed by atoms with Gasteiger partial charge in [0.05, 0.1) is 42.5 Å². The Balaban J connectivity index is 2.02. The van der Waals surface area contributed by atoms with Gasteiger partial charge in [-0.15, -0.1) is 23.2 Å². The number of amides is 5. The zero-order chi connectivity index (χ0) is 28.9. The molecule has 2 aliphatic heterocycles. The quantitative estimate of drug-likeness (QED) is 0.187. The first-order valence-corrected chi connectivity index (χ1v) is 13.1. The summed E-state index contributed by atoms with van der Waals surface area (Å²) in [6.07, 6.45) is -1.83. The van der Waals surface area contributed by atoms with Gasteiger partial charge in [0, 0.05) is 6.54 Å². The van der Waals surface area contributed by atoms with E-state index in [4.69, 9.17) is 23.2 Å². The predicted molar refractivity (Wildman–Crippen MR) is 138 cm³/mol. The first-order chi connectivity index (χ1) is 18.5. The molecule has 39 heavy (non-hydrogen) atoms. The van der Waals surface area contributed by atoms with Gasteiger partial charge in [-0.05, 0) is 12.5 Å². The highest BCUT2D eigenvalue weighted by Crippen LogP contribution is 2.29. The number of fused-ring (bicyclic) bond motifs is 1. The molecule has 0 unspecified atom stereocenters. The molecular formula is C24H31Cl2N5O8. The van der Waals surface area contributed by atoms with Crippen molar-refractivity contribution in [2.75, 3.05) is 19.8 Å². The minimum Gasteiger partial charge on any atom is -0.394 e. The standard InChI is InChI=1S/C24H31Cl2N5O8/c1-11(34)19-22(37)29-15(9-32)21(36)28-14(12-5-3-2-4-6-12)7-17(35)27-16(10-33)24(39)31-8-13(25)18(26)20(31)23(38)30-19/h2-6,11,13-16,18-20,32-34H,7-10H2,1H3,(H,27,35)(H,28,36)(H,29,37)(H,30,38)/t11-,13-,14-,15+,16+,18-,19-,20+/m1/s1. The van der Waals surface area contributed by atoms with Gasteiger partial charge >= 0.3 is 0 Å². The molecule has 0 saturated carbocycles. The van der Waals surface area contributed by atoms with Crippen LogP contribution in [0.25, 0.3) is 0 Å². The first kappa shape index (κ1) is 30.6. The number of nitrogens with one attached hydrogen (secondary N) is 4. The summed E-state index contributed by atoms with van der Waals surface area (Å²) in [5, 5.41) is 37.6. The van der Waals surface area contributed by atoms with Crippen LogP contribution >= 0.6 is 23.2 Å². The van der Waals surface area contributed by atoms with E-state index >= 15 is 0 Å². The topological polar surface area (TPSA) is 197 Å². The van der Waals surface area contributed by atoms with Gasteiger partial charge in [-0.2, -0.15) is 0 Å². The second kappa shape index (κ2) is 13.4. The first-order valence-electron chi connectivity index (χ1n) is 12.2. The van der Waals surface area contributed by atoms with Crippen molar-refractivity contribution in [3.63, 3.8) is 0 Å². The maximum Gasteiger partial charge on any atom is 0.248 e. The molecule has 1 aromatic rings. The molecule has 0 aliphatic carbocycles. The number of hydrogen-bond acceptors (Lipinski definition) is 8. The summed E-state index contributed by atoms with van der Waals surface area (Å²) in [5.74, 6) is -4.33. The Bertz CT molecular complexity index is 1080. The van der Waals surface area contributed by atoms with Crippen molar-refractivity contribution in [3.8, 4) is 0 Å². The molecule has 5 amide bonds. The van der Waals surface area contributed by atoms with E-state index in [-0.39, 0.29) is 13.0 Å². The van der Waals surface area contributed by atoms with Crippen LogP contribution in [0.1, 0.15) is 24.9 Å². The molecule has 0 radical (unpaired) electrons. The summed E-state index contributed by atoms with van der Waals surface area (Å²) in [4.78, 5) is 66.5. The number of rotatable bonds is 4. The Morgan fingerprint density at radius 3 is 2.13 bits per heavy atom. The Labute approximate surface area is 234 Å². The van der Waals surface area contributed by atoms with E-state index in [9.17, 15) is 39.3 Å². The summed E-state index contributed by atoms with van der Waals surface area (Å²) >= 11 is 12.6. The third kappa shape index (κ3) is 7.17. The van der Waals surface area contributed by atoms with Crippen LogP contribution in [0.2, 0.25) is 0 Å². The smallest absolute Gasteiger partial charge is 0.248 e. The molecule has 13 nitrogen and oxygen atoms in total. The van der Waals surface area contributed by atoms with Gasteiger partial charge in [-0.25, -0.2) is 0 Å². The van der Waals surface area contributed by atoms with Gasteiger partial charge in [0.1, 0.15) is 24.2 Å². The maximum absolute atomic E-state index is 13.3. The highest BCUT2D eigenvalue weighted by atomic mass is 35.5. The molecule has 214 valence electrons. The molecule has 2 heterocycles. The maximum atomic E-state index is 13.3. The molecule has 8 atom stereocenters. The van der Waals surface area contributed by atoms with E-state index in [2.05, 4.69) is 21.3 Å². The summed E-state index contributed by atoms with van der Waals surface area (Å²) < 4.78 is 0. The lowest BCUT2D eigenvalue weighted by Crippen LogP contribution is -2.62. The fourth-order valence-electron chi connectivity index (χ4n) is 4.42. The second-order valence-corrected chi connectivity index (χ2v) is 10.4. The molecular weight excluding hydrogens is 557 g/mol. The van der Waals surface area contributed by atoms with Gasteiger partial charge in [-0.3, -0.25) is 24.0 Å². The van der Waals surface area contributed by atoms with Gasteiger partial charge in [0.15, 0.2) is 0 Å². The van der Waals surface area contributed by atoms with Crippen LogP contribution in [-0.2, 0) is 24.0 Å². The number of aliphatic hydroxyl groups excluding tert-OH is 3. The van der Waals surface area contributed by atoms with Crippen LogP contribution < -0.4 is 21.3 Å². The summed E-state index contributed by atoms with van der Waals surface area (Å²) in [6, 6.07) is 1.45. The van der Waals surface area contributed by atoms with Gasteiger partial charge in [0.2, 0.25) is 29.5 Å². The zero-order valence-electron chi connectivity index (χ0n) is 20.9. The van der Waals surface area contributed by atoms with Crippen molar-refractivity contribution in [2.45, 2.75) is 60.4 Å². The largest absolute Gasteiger partial charge is 0.394 e. The molecule has 0 aromatic heterocycles. The number of carbonyl (C=O) groups is 5. The highest BCUT2D eigenvalue weighted by Gasteiger charge is 2.49. The van der Waals surface area contributed by atoms with E-state index in [1.807, 2.05) is 0 Å². The van der Waals surface area contributed by atoms with E-state index < -0.39 is 89.8 Å². The van der Waals surface area contributed by atoms with Crippen molar-refractivity contribution in [1.82, 2.24) is 26.2 Å². The molecule has 2 saturated heterocycles. The molecule has 3 rings (SSSR count). The molecule has 7 N–H and O–H groups in total. The van der Waals surface area contributed by atoms with Crippen LogP contribution in [0.3, 0.4) is 0 Å². The fraction of sp³-hybridized carbons (Fsp3) is 0.542. The van der Waals surface area contributed by atoms with Crippen LogP contribution in [0.4, 0.5) is 0 Å². The van der Waals surface area contributed by atoms with Gasteiger partial charge in [-0.1, -0.05) is 30.3 Å². The van der Waals surface area contributed by atoms with Crippen LogP contribution in [0.5, 0.6) is 0 Å². The number of alkyl halides is 2. The Morgan fingerprint density at radius 2 is 1.54 bits per heavy atom. The SMILES string of the molecule is C[C@@H](O)[C@H]1NC(=O)[C@@H]2[C@H](Cl)[C@H](Cl)CN2C(=O)[C@H](CO)NC(=O)C[C@H](c2ccccc2)NC(=O)[C@H](CO)NC1=O. The highest BCUT2D eigenvalue weighted by molar-refractivity contribution is 6.32. The summed E-state index contributed by atoms with van der Waals surface area (Å²) in [6.45, 7) is -0.622. The average Bonchev–Trinajstić information content (AvgIpc) is 3.21. The number of aliphatic hydroxyl groups is 3. The van der Waals surface area contributed by atoms with E-state index in [0.29, 0.717) is 5.56 Å².